The van der Waals surface area contributed by atoms with Crippen molar-refractivity contribution in [3.05, 3.63) is 36.7 Å². The van der Waals surface area contributed by atoms with Crippen LogP contribution in [0.25, 0.3) is 11.2 Å². The molecule has 2 aromatic heterocycles. The molecule has 0 amide bonds. The number of imidazole rings is 1. The van der Waals surface area contributed by atoms with E-state index in [2.05, 4.69) is 15.0 Å². The largest absolute Gasteiger partial charge is 0.467 e. The van der Waals surface area contributed by atoms with Crippen molar-refractivity contribution in [2.24, 2.45) is 0 Å². The summed E-state index contributed by atoms with van der Waals surface area (Å²) in [4.78, 5) is 14.6. The zero-order valence-electron chi connectivity index (χ0n) is 18.5. The average Bonchev–Trinajstić information content (AvgIpc) is 3.32. The topological polar surface area (TPSA) is 121 Å². The summed E-state index contributed by atoms with van der Waals surface area (Å²) in [7, 11) is 2.02. The second-order valence-corrected chi connectivity index (χ2v) is 8.91. The van der Waals surface area contributed by atoms with Crippen molar-refractivity contribution in [2.45, 2.75) is 31.0 Å². The fourth-order valence-corrected chi connectivity index (χ4v) is 4.31. The summed E-state index contributed by atoms with van der Waals surface area (Å²) in [5, 5.41) is 10.6. The Bertz CT molecular complexity index is 1150. The molecule has 5 atom stereocenters. The Morgan fingerprint density at radius 1 is 1.30 bits per heavy atom. The Labute approximate surface area is 190 Å². The van der Waals surface area contributed by atoms with E-state index in [0.717, 1.165) is 0 Å². The molecule has 1 saturated heterocycles. The number of benzene rings is 1. The van der Waals surface area contributed by atoms with Gasteiger partial charge in [0.1, 0.15) is 17.5 Å². The minimum absolute atomic E-state index is 0.0738. The van der Waals surface area contributed by atoms with Gasteiger partial charge in [-0.1, -0.05) is 18.2 Å². The number of anilines is 1. The smallest absolute Gasteiger partial charge is 0.367 e. The SMILES string of the molecule is COc1nc(N(C)C)c2ncn([C@@H]3O[C@](C)(CO[PH](=O)Oc4ccccc4)[C@@H](O)[C@H]3F)c2n1. The molecule has 3 aromatic rings. The number of para-hydroxylation sites is 1. The molecule has 1 aromatic carbocycles. The van der Waals surface area contributed by atoms with Crippen LogP contribution in [-0.2, 0) is 13.8 Å². The second-order valence-electron chi connectivity index (χ2n) is 7.92. The fourth-order valence-electron chi connectivity index (χ4n) is 3.52. The maximum atomic E-state index is 15.2. The lowest BCUT2D eigenvalue weighted by Crippen LogP contribution is -2.42. The first-order chi connectivity index (χ1) is 15.7. The fraction of sp³-hybridized carbons (Fsp3) is 0.450. The number of fused-ring (bicyclic) bond motifs is 1. The molecule has 0 bridgehead atoms. The third-order valence-corrected chi connectivity index (χ3v) is 6.06. The predicted molar refractivity (Wildman–Crippen MR) is 118 cm³/mol. The molecule has 4 rings (SSSR count). The van der Waals surface area contributed by atoms with Gasteiger partial charge in [0, 0.05) is 14.1 Å². The number of aliphatic hydroxyl groups excluding tert-OH is 1. The Hall–Kier alpha value is -2.79. The van der Waals surface area contributed by atoms with E-state index >= 15 is 4.39 Å². The van der Waals surface area contributed by atoms with Crippen molar-refractivity contribution >= 4 is 25.2 Å². The number of aromatic nitrogens is 4. The Balaban J connectivity index is 1.55. The lowest BCUT2D eigenvalue weighted by molar-refractivity contribution is -0.110. The number of ether oxygens (including phenoxy) is 2. The first-order valence-electron chi connectivity index (χ1n) is 10.1. The van der Waals surface area contributed by atoms with E-state index in [-0.39, 0.29) is 18.3 Å². The normalized spacial score (nSPS) is 25.8. The van der Waals surface area contributed by atoms with Crippen LogP contribution in [0.15, 0.2) is 36.7 Å². The summed E-state index contributed by atoms with van der Waals surface area (Å²) in [5.41, 5.74) is -0.809. The molecule has 1 unspecified atom stereocenters. The van der Waals surface area contributed by atoms with Gasteiger partial charge in [-0.15, -0.1) is 0 Å². The third-order valence-electron chi connectivity index (χ3n) is 5.27. The minimum atomic E-state index is -2.96. The predicted octanol–water partition coefficient (Wildman–Crippen LogP) is 2.37. The molecule has 33 heavy (non-hydrogen) atoms. The number of alkyl halides is 1. The lowest BCUT2D eigenvalue weighted by atomic mass is 9.99. The van der Waals surface area contributed by atoms with Crippen LogP contribution < -0.4 is 14.2 Å². The highest BCUT2D eigenvalue weighted by atomic mass is 31.1. The summed E-state index contributed by atoms with van der Waals surface area (Å²) < 4.78 is 50.4. The van der Waals surface area contributed by atoms with Crippen molar-refractivity contribution in [1.29, 1.82) is 0 Å². The monoisotopic (exact) mass is 481 g/mol. The van der Waals surface area contributed by atoms with Crippen LogP contribution in [0.2, 0.25) is 0 Å². The van der Waals surface area contributed by atoms with Crippen LogP contribution in [-0.4, -0.2) is 70.3 Å². The number of nitrogens with zero attached hydrogens (tertiary/aromatic N) is 5. The maximum Gasteiger partial charge on any atom is 0.367 e. The van der Waals surface area contributed by atoms with Crippen LogP contribution in [0.1, 0.15) is 13.2 Å². The molecule has 0 aliphatic carbocycles. The van der Waals surface area contributed by atoms with Crippen molar-refractivity contribution in [1.82, 2.24) is 19.5 Å². The van der Waals surface area contributed by atoms with Gasteiger partial charge in [-0.25, -0.2) is 13.9 Å². The average molecular weight is 481 g/mol. The molecular weight excluding hydrogens is 456 g/mol. The van der Waals surface area contributed by atoms with E-state index in [1.54, 1.807) is 49.3 Å². The molecular formula is C20H25FN5O6P. The quantitative estimate of drug-likeness (QED) is 0.480. The Morgan fingerprint density at radius 3 is 2.70 bits per heavy atom. The zero-order valence-corrected chi connectivity index (χ0v) is 19.5. The molecule has 178 valence electrons. The molecule has 0 saturated carbocycles. The van der Waals surface area contributed by atoms with Gasteiger partial charge < -0.3 is 24.0 Å². The molecule has 1 fully saturated rings. The van der Waals surface area contributed by atoms with Gasteiger partial charge in [-0.05, 0) is 19.1 Å². The van der Waals surface area contributed by atoms with E-state index in [9.17, 15) is 9.67 Å². The van der Waals surface area contributed by atoms with Gasteiger partial charge in [-0.2, -0.15) is 9.97 Å². The summed E-state index contributed by atoms with van der Waals surface area (Å²) in [5.74, 6) is 0.850. The second kappa shape index (κ2) is 9.22. The summed E-state index contributed by atoms with van der Waals surface area (Å²) in [6.07, 6.45) is -3.30. The summed E-state index contributed by atoms with van der Waals surface area (Å²) in [6.45, 7) is 1.12. The summed E-state index contributed by atoms with van der Waals surface area (Å²) in [6, 6.07) is 8.57. The van der Waals surface area contributed by atoms with Crippen molar-refractivity contribution in [3.8, 4) is 11.8 Å². The van der Waals surface area contributed by atoms with Gasteiger partial charge in [0.25, 0.3) is 0 Å². The third kappa shape index (κ3) is 4.51. The highest BCUT2D eigenvalue weighted by molar-refractivity contribution is 7.33. The van der Waals surface area contributed by atoms with Gasteiger partial charge in [-0.3, -0.25) is 9.09 Å². The van der Waals surface area contributed by atoms with Crippen LogP contribution in [0.4, 0.5) is 10.2 Å². The molecule has 11 nitrogen and oxygen atoms in total. The first kappa shape index (κ1) is 23.4. The molecule has 1 N–H and O–H groups in total. The highest BCUT2D eigenvalue weighted by Crippen LogP contribution is 2.42. The molecule has 0 spiro atoms. The number of hydrogen-bond acceptors (Lipinski definition) is 10. The zero-order chi connectivity index (χ0) is 23.8. The summed E-state index contributed by atoms with van der Waals surface area (Å²) >= 11 is 0. The first-order valence-corrected chi connectivity index (χ1v) is 11.3. The molecule has 3 heterocycles. The van der Waals surface area contributed by atoms with Crippen LogP contribution >= 0.6 is 8.25 Å². The van der Waals surface area contributed by atoms with Gasteiger partial charge >= 0.3 is 14.3 Å². The maximum absolute atomic E-state index is 15.2. The van der Waals surface area contributed by atoms with Crippen molar-refractivity contribution in [3.63, 3.8) is 0 Å². The van der Waals surface area contributed by atoms with Gasteiger partial charge in [0.15, 0.2) is 29.4 Å². The number of hydrogen-bond donors (Lipinski definition) is 1. The number of rotatable bonds is 8. The number of methoxy groups -OCH3 is 1. The Kier molecular flexibility index (Phi) is 6.53. The molecule has 0 radical (unpaired) electrons. The van der Waals surface area contributed by atoms with Crippen LogP contribution in [0, 0.1) is 0 Å². The van der Waals surface area contributed by atoms with E-state index < -0.39 is 32.4 Å². The lowest BCUT2D eigenvalue weighted by Gasteiger charge is -2.26. The molecule has 13 heteroatoms. The molecule has 1 aliphatic rings. The van der Waals surface area contributed by atoms with E-state index in [0.29, 0.717) is 17.1 Å². The van der Waals surface area contributed by atoms with Gasteiger partial charge in [0.05, 0.1) is 20.0 Å². The standard InChI is InChI=1S/C20H25FN5O6P/c1-20(10-30-33(28)32-12-8-6-5-7-9-12)15(27)13(21)18(31-20)26-11-22-14-16(25(2)3)23-19(29-4)24-17(14)26/h5-9,11,13,15,18,27,33H,10H2,1-4H3/t13-,15+,18-,20-/m1/s1. The van der Waals surface area contributed by atoms with Crippen LogP contribution in [0.5, 0.6) is 11.8 Å². The van der Waals surface area contributed by atoms with E-state index in [1.165, 1.54) is 24.9 Å². The highest BCUT2D eigenvalue weighted by Gasteiger charge is 2.54. The van der Waals surface area contributed by atoms with Crippen LogP contribution in [0.3, 0.4) is 0 Å². The molecule has 1 aliphatic heterocycles. The Morgan fingerprint density at radius 2 is 2.03 bits per heavy atom. The van der Waals surface area contributed by atoms with Crippen molar-refractivity contribution in [2.75, 3.05) is 32.7 Å². The van der Waals surface area contributed by atoms with Crippen molar-refractivity contribution < 1.29 is 32.6 Å². The van der Waals surface area contributed by atoms with E-state index in [1.807, 2.05) is 0 Å². The van der Waals surface area contributed by atoms with E-state index in [4.69, 9.17) is 18.5 Å². The number of aliphatic hydroxyl groups is 1. The number of halogens is 1. The van der Waals surface area contributed by atoms with Gasteiger partial charge in [0.2, 0.25) is 0 Å². The minimum Gasteiger partial charge on any atom is -0.467 e.